The second-order valence-electron chi connectivity index (χ2n) is 4.87. The summed E-state index contributed by atoms with van der Waals surface area (Å²) in [7, 11) is -3.74. The van der Waals surface area contributed by atoms with Crippen molar-refractivity contribution >= 4 is 20.8 Å². The van der Waals surface area contributed by atoms with Gasteiger partial charge in [-0.2, -0.15) is 0 Å². The van der Waals surface area contributed by atoms with E-state index in [1.807, 2.05) is 19.1 Å². The van der Waals surface area contributed by atoms with Crippen molar-refractivity contribution in [3.05, 3.63) is 36.4 Å². The van der Waals surface area contributed by atoms with Gasteiger partial charge in [-0.25, -0.2) is 13.6 Å². The van der Waals surface area contributed by atoms with Crippen LogP contribution in [-0.4, -0.2) is 14.5 Å². The predicted octanol–water partition coefficient (Wildman–Crippen LogP) is 3.05. The fourth-order valence-electron chi connectivity index (χ4n) is 2.28. The number of hydrogen-bond donors (Lipinski definition) is 1. The third-order valence-corrected chi connectivity index (χ3v) is 4.14. The van der Waals surface area contributed by atoms with E-state index in [-0.39, 0.29) is 11.0 Å². The molecule has 0 bridgehead atoms. The van der Waals surface area contributed by atoms with E-state index in [2.05, 4.69) is 6.92 Å². The molecule has 0 aliphatic carbocycles. The molecule has 2 rings (SSSR count). The maximum Gasteiger partial charge on any atom is 0.238 e. The number of rotatable bonds is 5. The number of nitrogens with two attached hydrogens (primary N) is 1. The Bertz CT molecular complexity index is 710. The summed E-state index contributed by atoms with van der Waals surface area (Å²) < 4.78 is 29.1. The van der Waals surface area contributed by atoms with Gasteiger partial charge in [0.1, 0.15) is 5.75 Å². The normalized spacial score (nSPS) is 13.3. The van der Waals surface area contributed by atoms with Crippen LogP contribution in [0, 0.1) is 0 Å². The first-order valence-corrected chi connectivity index (χ1v) is 8.19. The molecule has 0 saturated heterocycles. The molecule has 0 aliphatic rings. The molecule has 0 spiro atoms. The molecule has 0 saturated carbocycles. The summed E-state index contributed by atoms with van der Waals surface area (Å²) in [5.74, 6) is 0.689. The Balaban J connectivity index is 2.55. The van der Waals surface area contributed by atoms with Gasteiger partial charge in [0.05, 0.1) is 11.0 Å². The van der Waals surface area contributed by atoms with Gasteiger partial charge in [0, 0.05) is 10.8 Å². The summed E-state index contributed by atoms with van der Waals surface area (Å²) in [6.45, 7) is 4.11. The summed E-state index contributed by atoms with van der Waals surface area (Å²) in [6, 6.07) is 10.4. The van der Waals surface area contributed by atoms with Gasteiger partial charge in [-0.15, -0.1) is 0 Å². The van der Waals surface area contributed by atoms with Crippen molar-refractivity contribution in [2.24, 2.45) is 5.14 Å². The lowest BCUT2D eigenvalue weighted by molar-refractivity contribution is 0.212. The Morgan fingerprint density at radius 1 is 1.15 bits per heavy atom. The molecule has 2 N–H and O–H groups in total. The quantitative estimate of drug-likeness (QED) is 0.921. The third-order valence-electron chi connectivity index (χ3n) is 3.17. The molecule has 20 heavy (non-hydrogen) atoms. The summed E-state index contributed by atoms with van der Waals surface area (Å²) >= 11 is 0. The average molecular weight is 293 g/mol. The minimum atomic E-state index is -3.74. The zero-order valence-corrected chi connectivity index (χ0v) is 12.5. The fraction of sp³-hybridized carbons (Fsp3) is 0.333. The Labute approximate surface area is 119 Å². The van der Waals surface area contributed by atoms with Crippen LogP contribution in [-0.2, 0) is 10.0 Å². The zero-order valence-electron chi connectivity index (χ0n) is 11.7. The van der Waals surface area contributed by atoms with Crippen LogP contribution in [0.25, 0.3) is 10.8 Å². The number of benzene rings is 2. The Kier molecular flexibility index (Phi) is 4.30. The molecular weight excluding hydrogens is 274 g/mol. The molecule has 4 nitrogen and oxygen atoms in total. The van der Waals surface area contributed by atoms with Crippen LogP contribution in [0.2, 0.25) is 0 Å². The highest BCUT2D eigenvalue weighted by atomic mass is 32.2. The lowest BCUT2D eigenvalue weighted by atomic mass is 10.1. The number of fused-ring (bicyclic) bond motifs is 1. The smallest absolute Gasteiger partial charge is 0.238 e. The maximum absolute atomic E-state index is 11.6. The first-order chi connectivity index (χ1) is 9.43. The highest BCUT2D eigenvalue weighted by Gasteiger charge is 2.15. The van der Waals surface area contributed by atoms with Crippen molar-refractivity contribution in [1.82, 2.24) is 0 Å². The number of primary sulfonamides is 1. The molecule has 5 heteroatoms. The van der Waals surface area contributed by atoms with Crippen LogP contribution < -0.4 is 9.88 Å². The molecule has 0 amide bonds. The second-order valence-corrected chi connectivity index (χ2v) is 6.40. The molecule has 0 aromatic heterocycles. The lowest BCUT2D eigenvalue weighted by Crippen LogP contribution is -2.14. The molecule has 1 atom stereocenters. The van der Waals surface area contributed by atoms with Gasteiger partial charge in [0.25, 0.3) is 0 Å². The molecule has 0 fully saturated rings. The topological polar surface area (TPSA) is 69.4 Å². The summed E-state index contributed by atoms with van der Waals surface area (Å²) in [5.41, 5.74) is 0. The third kappa shape index (κ3) is 3.11. The Morgan fingerprint density at radius 3 is 2.40 bits per heavy atom. The molecule has 1 unspecified atom stereocenters. The molecular formula is C15H19NO3S. The monoisotopic (exact) mass is 293 g/mol. The molecule has 2 aromatic carbocycles. The van der Waals surface area contributed by atoms with Gasteiger partial charge in [-0.3, -0.25) is 0 Å². The molecule has 0 aliphatic heterocycles. The van der Waals surface area contributed by atoms with E-state index in [1.54, 1.807) is 18.2 Å². The highest BCUT2D eigenvalue weighted by molar-refractivity contribution is 7.89. The van der Waals surface area contributed by atoms with Crippen LogP contribution in [0.3, 0.4) is 0 Å². The van der Waals surface area contributed by atoms with Gasteiger partial charge >= 0.3 is 0 Å². The largest absolute Gasteiger partial charge is 0.490 e. The van der Waals surface area contributed by atoms with Crippen molar-refractivity contribution in [3.63, 3.8) is 0 Å². The van der Waals surface area contributed by atoms with E-state index in [9.17, 15) is 8.42 Å². The van der Waals surface area contributed by atoms with Gasteiger partial charge in [-0.1, -0.05) is 37.6 Å². The minimum absolute atomic E-state index is 0.0868. The predicted molar refractivity (Wildman–Crippen MR) is 80.3 cm³/mol. The van der Waals surface area contributed by atoms with Gasteiger partial charge < -0.3 is 4.74 Å². The van der Waals surface area contributed by atoms with Crippen molar-refractivity contribution < 1.29 is 13.2 Å². The lowest BCUT2D eigenvalue weighted by Gasteiger charge is -2.16. The Morgan fingerprint density at radius 2 is 1.80 bits per heavy atom. The van der Waals surface area contributed by atoms with Crippen molar-refractivity contribution in [1.29, 1.82) is 0 Å². The number of ether oxygens (including phenoxy) is 1. The van der Waals surface area contributed by atoms with E-state index in [0.29, 0.717) is 11.1 Å². The fourth-order valence-corrected chi connectivity index (χ4v) is 3.02. The molecule has 108 valence electrons. The van der Waals surface area contributed by atoms with E-state index in [4.69, 9.17) is 9.88 Å². The van der Waals surface area contributed by atoms with E-state index < -0.39 is 10.0 Å². The van der Waals surface area contributed by atoms with Crippen LogP contribution in [0.5, 0.6) is 5.75 Å². The SMILES string of the molecule is CCCC(C)Oc1ccc(S(N)(=O)=O)c2ccccc12. The summed E-state index contributed by atoms with van der Waals surface area (Å²) in [6.07, 6.45) is 2.07. The van der Waals surface area contributed by atoms with Gasteiger partial charge in [-0.05, 0) is 25.5 Å². The molecule has 2 aromatic rings. The van der Waals surface area contributed by atoms with Crippen molar-refractivity contribution in [2.45, 2.75) is 37.7 Å². The van der Waals surface area contributed by atoms with E-state index >= 15 is 0 Å². The maximum atomic E-state index is 11.6. The first-order valence-electron chi connectivity index (χ1n) is 6.64. The number of sulfonamides is 1. The van der Waals surface area contributed by atoms with Crippen LogP contribution in [0.4, 0.5) is 0 Å². The van der Waals surface area contributed by atoms with Crippen LogP contribution in [0.15, 0.2) is 41.3 Å². The van der Waals surface area contributed by atoms with Gasteiger partial charge in [0.15, 0.2) is 0 Å². The van der Waals surface area contributed by atoms with E-state index in [1.165, 1.54) is 6.07 Å². The van der Waals surface area contributed by atoms with Crippen molar-refractivity contribution in [2.75, 3.05) is 0 Å². The number of hydrogen-bond acceptors (Lipinski definition) is 3. The Hall–Kier alpha value is -1.59. The van der Waals surface area contributed by atoms with Crippen LogP contribution in [0.1, 0.15) is 26.7 Å². The molecule has 0 radical (unpaired) electrons. The summed E-state index contributed by atoms with van der Waals surface area (Å²) in [5, 5.41) is 6.61. The van der Waals surface area contributed by atoms with Crippen LogP contribution >= 0.6 is 0 Å². The van der Waals surface area contributed by atoms with E-state index in [0.717, 1.165) is 18.2 Å². The molecule has 0 heterocycles. The standard InChI is InChI=1S/C15H19NO3S/c1-3-6-11(2)19-14-9-10-15(20(16,17)18)13-8-5-4-7-12(13)14/h4-5,7-11H,3,6H2,1-2H3,(H2,16,17,18). The first kappa shape index (κ1) is 14.8. The summed E-state index contributed by atoms with van der Waals surface area (Å²) in [4.78, 5) is 0.128. The minimum Gasteiger partial charge on any atom is -0.490 e. The average Bonchev–Trinajstić information content (AvgIpc) is 2.38. The van der Waals surface area contributed by atoms with Crippen molar-refractivity contribution in [3.8, 4) is 5.75 Å². The van der Waals surface area contributed by atoms with Gasteiger partial charge in [0.2, 0.25) is 10.0 Å². The highest BCUT2D eigenvalue weighted by Crippen LogP contribution is 2.31. The zero-order chi connectivity index (χ0) is 14.8. The second kappa shape index (κ2) is 5.81.